The molecular weight excluding hydrogens is 174 g/mol. The predicted molar refractivity (Wildman–Crippen MR) is 43.4 cm³/mol. The zero-order chi connectivity index (χ0) is 10.0. The van der Waals surface area contributed by atoms with Gasteiger partial charge >= 0.3 is 0 Å². The zero-order valence-electron chi connectivity index (χ0n) is 7.33. The van der Waals surface area contributed by atoms with Crippen molar-refractivity contribution in [3.8, 4) is 0 Å². The van der Waals surface area contributed by atoms with Crippen LogP contribution in [-0.2, 0) is 14.4 Å². The van der Waals surface area contributed by atoms with E-state index in [0.717, 1.165) is 5.01 Å². The highest BCUT2D eigenvalue weighted by Crippen LogP contribution is 2.06. The van der Waals surface area contributed by atoms with E-state index in [4.69, 9.17) is 0 Å². The number of hydrogen-bond acceptors (Lipinski definition) is 4. The lowest BCUT2D eigenvalue weighted by Crippen LogP contribution is -2.27. The molecule has 0 aromatic heterocycles. The minimum atomic E-state index is -0.453. The van der Waals surface area contributed by atoms with Gasteiger partial charge in [0, 0.05) is 13.8 Å². The Labute approximate surface area is 74.6 Å². The van der Waals surface area contributed by atoms with Gasteiger partial charge in [0.15, 0.2) is 0 Å². The molecular formula is C7H9N3O3. The molecule has 0 spiro atoms. The molecule has 1 heterocycles. The van der Waals surface area contributed by atoms with Gasteiger partial charge in [0.05, 0.1) is 6.42 Å². The highest BCUT2D eigenvalue weighted by atomic mass is 16.2. The Morgan fingerprint density at radius 2 is 2.08 bits per heavy atom. The number of imide groups is 1. The molecule has 0 fully saturated rings. The molecule has 0 radical (unpaired) electrons. The maximum atomic E-state index is 11.0. The number of rotatable bonds is 0. The van der Waals surface area contributed by atoms with Crippen molar-refractivity contribution in [2.45, 2.75) is 20.3 Å². The van der Waals surface area contributed by atoms with Crippen LogP contribution in [0.5, 0.6) is 0 Å². The molecule has 0 saturated heterocycles. The summed E-state index contributed by atoms with van der Waals surface area (Å²) in [5.41, 5.74) is 0. The van der Waals surface area contributed by atoms with E-state index in [-0.39, 0.29) is 18.2 Å². The van der Waals surface area contributed by atoms with E-state index in [2.05, 4.69) is 10.4 Å². The number of hydrazone groups is 1. The van der Waals surface area contributed by atoms with Gasteiger partial charge in [-0.1, -0.05) is 0 Å². The number of nitrogens with zero attached hydrogens (tertiary/aromatic N) is 2. The Morgan fingerprint density at radius 3 is 2.46 bits per heavy atom. The van der Waals surface area contributed by atoms with Gasteiger partial charge in [0.2, 0.25) is 11.8 Å². The average Bonchev–Trinajstić information content (AvgIpc) is 2.29. The van der Waals surface area contributed by atoms with Gasteiger partial charge in [-0.2, -0.15) is 5.01 Å². The molecule has 13 heavy (non-hydrogen) atoms. The fourth-order valence-corrected chi connectivity index (χ4v) is 0.948. The van der Waals surface area contributed by atoms with Gasteiger partial charge in [-0.05, 0) is 0 Å². The number of carbonyl (C=O) groups is 3. The molecule has 1 aliphatic heterocycles. The molecule has 0 bridgehead atoms. The van der Waals surface area contributed by atoms with Crippen LogP contribution in [0.4, 0.5) is 0 Å². The van der Waals surface area contributed by atoms with E-state index in [1.54, 1.807) is 0 Å². The van der Waals surface area contributed by atoms with Gasteiger partial charge in [0.1, 0.15) is 5.84 Å². The Bertz CT molecular complexity index is 308. The minimum Gasteiger partial charge on any atom is -0.313 e. The van der Waals surface area contributed by atoms with Crippen molar-refractivity contribution in [3.63, 3.8) is 0 Å². The molecule has 0 unspecified atom stereocenters. The first-order valence-electron chi connectivity index (χ1n) is 3.69. The van der Waals surface area contributed by atoms with Crippen LogP contribution in [-0.4, -0.2) is 28.6 Å². The van der Waals surface area contributed by atoms with Crippen molar-refractivity contribution in [2.24, 2.45) is 5.10 Å². The van der Waals surface area contributed by atoms with E-state index >= 15 is 0 Å². The molecule has 0 atom stereocenters. The van der Waals surface area contributed by atoms with Gasteiger partial charge in [0.25, 0.3) is 5.91 Å². The summed E-state index contributed by atoms with van der Waals surface area (Å²) in [4.78, 5) is 32.4. The van der Waals surface area contributed by atoms with E-state index in [1.807, 2.05) is 0 Å². The quantitative estimate of drug-likeness (QED) is 0.534. The Balaban J connectivity index is 2.71. The third-order valence-corrected chi connectivity index (χ3v) is 1.39. The Hall–Kier alpha value is -1.72. The number of amides is 3. The van der Waals surface area contributed by atoms with Crippen LogP contribution in [0.1, 0.15) is 20.3 Å². The highest BCUT2D eigenvalue weighted by molar-refractivity contribution is 6.13. The Morgan fingerprint density at radius 1 is 1.46 bits per heavy atom. The maximum absolute atomic E-state index is 11.0. The maximum Gasteiger partial charge on any atom is 0.257 e. The van der Waals surface area contributed by atoms with E-state index < -0.39 is 11.8 Å². The summed E-state index contributed by atoms with van der Waals surface area (Å²) >= 11 is 0. The topological polar surface area (TPSA) is 78.8 Å². The van der Waals surface area contributed by atoms with Crippen LogP contribution in [0.15, 0.2) is 5.10 Å². The van der Waals surface area contributed by atoms with Crippen molar-refractivity contribution < 1.29 is 14.4 Å². The summed E-state index contributed by atoms with van der Waals surface area (Å²) in [6.45, 7) is 2.54. The van der Waals surface area contributed by atoms with Crippen LogP contribution in [0.2, 0.25) is 0 Å². The van der Waals surface area contributed by atoms with Crippen molar-refractivity contribution in [1.82, 2.24) is 10.3 Å². The lowest BCUT2D eigenvalue weighted by Gasteiger charge is -2.03. The van der Waals surface area contributed by atoms with Crippen LogP contribution in [0, 0.1) is 0 Å². The fraction of sp³-hybridized carbons (Fsp3) is 0.429. The number of carbonyl (C=O) groups excluding carboxylic acids is 3. The molecule has 0 aromatic rings. The van der Waals surface area contributed by atoms with Crippen molar-refractivity contribution >= 4 is 23.6 Å². The summed E-state index contributed by atoms with van der Waals surface area (Å²) < 4.78 is 0. The van der Waals surface area contributed by atoms with Crippen LogP contribution in [0.3, 0.4) is 0 Å². The number of hydrogen-bond donors (Lipinski definition) is 1. The zero-order valence-corrected chi connectivity index (χ0v) is 7.33. The standard InChI is InChI=1S/C7H9N3O3/c1-4(11)8-6-3-7(13)10(9-6)5(2)12/h3H2,1-2H3,(H,8,9,11). The number of nitrogens with one attached hydrogen (secondary N) is 1. The number of amidine groups is 1. The highest BCUT2D eigenvalue weighted by Gasteiger charge is 2.27. The molecule has 1 aliphatic rings. The third-order valence-electron chi connectivity index (χ3n) is 1.39. The first-order valence-corrected chi connectivity index (χ1v) is 3.69. The largest absolute Gasteiger partial charge is 0.313 e. The third kappa shape index (κ3) is 2.11. The first kappa shape index (κ1) is 9.37. The van der Waals surface area contributed by atoms with E-state index in [9.17, 15) is 14.4 Å². The fourth-order valence-electron chi connectivity index (χ4n) is 0.948. The molecule has 0 aliphatic carbocycles. The summed E-state index contributed by atoms with van der Waals surface area (Å²) in [6, 6.07) is 0. The molecule has 70 valence electrons. The molecule has 3 amide bonds. The molecule has 1 N–H and O–H groups in total. The SMILES string of the molecule is CC(=O)NC1=NN(C(C)=O)C(=O)C1. The average molecular weight is 183 g/mol. The van der Waals surface area contributed by atoms with Crippen LogP contribution < -0.4 is 5.32 Å². The summed E-state index contributed by atoms with van der Waals surface area (Å²) in [5.74, 6) is -0.966. The lowest BCUT2D eigenvalue weighted by atomic mass is 10.4. The molecule has 0 aromatic carbocycles. The van der Waals surface area contributed by atoms with Crippen LogP contribution in [0.25, 0.3) is 0 Å². The lowest BCUT2D eigenvalue weighted by molar-refractivity contribution is -0.141. The second-order valence-electron chi connectivity index (χ2n) is 2.63. The monoisotopic (exact) mass is 183 g/mol. The van der Waals surface area contributed by atoms with Gasteiger partial charge in [-0.25, -0.2) is 0 Å². The van der Waals surface area contributed by atoms with E-state index in [0.29, 0.717) is 0 Å². The summed E-state index contributed by atoms with van der Waals surface area (Å²) in [5, 5.41) is 6.72. The van der Waals surface area contributed by atoms with Gasteiger partial charge in [-0.15, -0.1) is 5.10 Å². The van der Waals surface area contributed by atoms with Crippen molar-refractivity contribution in [2.75, 3.05) is 0 Å². The van der Waals surface area contributed by atoms with Crippen LogP contribution >= 0.6 is 0 Å². The predicted octanol–water partition coefficient (Wildman–Crippen LogP) is -0.785. The first-order chi connectivity index (χ1) is 6.00. The molecule has 6 nitrogen and oxygen atoms in total. The molecule has 1 rings (SSSR count). The smallest absolute Gasteiger partial charge is 0.257 e. The Kier molecular flexibility index (Phi) is 2.41. The molecule has 0 saturated carbocycles. The normalized spacial score (nSPS) is 15.7. The molecule has 6 heteroatoms. The van der Waals surface area contributed by atoms with Crippen molar-refractivity contribution in [3.05, 3.63) is 0 Å². The van der Waals surface area contributed by atoms with E-state index in [1.165, 1.54) is 13.8 Å². The second-order valence-corrected chi connectivity index (χ2v) is 2.63. The summed E-state index contributed by atoms with van der Waals surface area (Å²) in [7, 11) is 0. The van der Waals surface area contributed by atoms with Crippen molar-refractivity contribution in [1.29, 1.82) is 0 Å². The van der Waals surface area contributed by atoms with Gasteiger partial charge in [-0.3, -0.25) is 14.4 Å². The summed E-state index contributed by atoms with van der Waals surface area (Å²) in [6.07, 6.45) is -0.0286. The van der Waals surface area contributed by atoms with Gasteiger partial charge < -0.3 is 5.32 Å². The minimum absolute atomic E-state index is 0.0286. The second kappa shape index (κ2) is 3.34.